The summed E-state index contributed by atoms with van der Waals surface area (Å²) < 4.78 is 24.7. The Balaban J connectivity index is 2.14. The molecule has 0 spiro atoms. The number of hydrogen-bond donors (Lipinski definition) is 0. The van der Waals surface area contributed by atoms with E-state index in [1.54, 1.807) is 35.2 Å². The van der Waals surface area contributed by atoms with Crippen LogP contribution in [0.2, 0.25) is 0 Å². The molecular formula is C13H12N4O2S. The van der Waals surface area contributed by atoms with Crippen molar-refractivity contribution in [2.75, 3.05) is 6.26 Å². The molecule has 1 aromatic carbocycles. The third kappa shape index (κ3) is 2.05. The Kier molecular flexibility index (Phi) is 2.79. The summed E-state index contributed by atoms with van der Waals surface area (Å²) in [5, 5.41) is 0. The Hall–Kier alpha value is -2.28. The van der Waals surface area contributed by atoms with E-state index in [9.17, 15) is 8.42 Å². The fourth-order valence-corrected chi connectivity index (χ4v) is 2.63. The van der Waals surface area contributed by atoms with Crippen LogP contribution >= 0.6 is 0 Å². The lowest BCUT2D eigenvalue weighted by molar-refractivity contribution is 0.602. The van der Waals surface area contributed by atoms with E-state index in [-0.39, 0.29) is 4.90 Å². The van der Waals surface area contributed by atoms with Crippen molar-refractivity contribution in [2.45, 2.75) is 11.8 Å². The van der Waals surface area contributed by atoms with Gasteiger partial charge in [0.1, 0.15) is 18.2 Å². The number of imidazole rings is 1. The molecule has 3 aromatic rings. The zero-order valence-electron chi connectivity index (χ0n) is 11.0. The van der Waals surface area contributed by atoms with Crippen LogP contribution in [0, 0.1) is 6.92 Å². The largest absolute Gasteiger partial charge is 0.283 e. The molecule has 2 aromatic heterocycles. The van der Waals surface area contributed by atoms with E-state index in [1.807, 2.05) is 6.92 Å². The van der Waals surface area contributed by atoms with Gasteiger partial charge in [0, 0.05) is 11.9 Å². The summed E-state index contributed by atoms with van der Waals surface area (Å²) in [7, 11) is -3.19. The van der Waals surface area contributed by atoms with Crippen molar-refractivity contribution in [3.05, 3.63) is 42.6 Å². The molecule has 0 aliphatic rings. The van der Waals surface area contributed by atoms with Crippen LogP contribution in [0.5, 0.6) is 0 Å². The Morgan fingerprint density at radius 3 is 2.40 bits per heavy atom. The third-order valence-corrected chi connectivity index (χ3v) is 4.19. The van der Waals surface area contributed by atoms with Crippen LogP contribution in [0.25, 0.3) is 16.9 Å². The number of fused-ring (bicyclic) bond motifs is 1. The van der Waals surface area contributed by atoms with Crippen LogP contribution in [0.15, 0.2) is 41.8 Å². The second-order valence-corrected chi connectivity index (χ2v) is 6.53. The van der Waals surface area contributed by atoms with Crippen LogP contribution in [0.3, 0.4) is 0 Å². The quantitative estimate of drug-likeness (QED) is 0.714. The average molecular weight is 288 g/mol. The highest BCUT2D eigenvalue weighted by atomic mass is 32.2. The molecule has 0 atom stereocenters. The fourth-order valence-electron chi connectivity index (χ4n) is 1.99. The van der Waals surface area contributed by atoms with Crippen molar-refractivity contribution in [1.29, 1.82) is 0 Å². The number of benzene rings is 1. The van der Waals surface area contributed by atoms with Gasteiger partial charge in [-0.15, -0.1) is 0 Å². The molecule has 0 aliphatic heterocycles. The molecule has 20 heavy (non-hydrogen) atoms. The summed E-state index contributed by atoms with van der Waals surface area (Å²) in [5.74, 6) is 0. The molecule has 0 saturated carbocycles. The lowest BCUT2D eigenvalue weighted by atomic mass is 10.3. The summed E-state index contributed by atoms with van der Waals surface area (Å²) in [6.45, 7) is 1.87. The summed E-state index contributed by atoms with van der Waals surface area (Å²) >= 11 is 0. The number of nitrogens with zero attached hydrogens (tertiary/aromatic N) is 4. The highest BCUT2D eigenvalue weighted by Crippen LogP contribution is 2.19. The number of aromatic nitrogens is 4. The van der Waals surface area contributed by atoms with Gasteiger partial charge >= 0.3 is 0 Å². The Bertz CT molecular complexity index is 882. The smallest absolute Gasteiger partial charge is 0.175 e. The second-order valence-electron chi connectivity index (χ2n) is 4.51. The van der Waals surface area contributed by atoms with Gasteiger partial charge in [-0.3, -0.25) is 4.57 Å². The zero-order valence-corrected chi connectivity index (χ0v) is 11.8. The van der Waals surface area contributed by atoms with Crippen molar-refractivity contribution >= 4 is 21.0 Å². The van der Waals surface area contributed by atoms with Gasteiger partial charge in [-0.2, -0.15) is 0 Å². The van der Waals surface area contributed by atoms with E-state index in [2.05, 4.69) is 15.0 Å². The van der Waals surface area contributed by atoms with Crippen molar-refractivity contribution in [3.8, 4) is 5.69 Å². The molecule has 7 heteroatoms. The maximum absolute atomic E-state index is 11.4. The lowest BCUT2D eigenvalue weighted by Crippen LogP contribution is -1.99. The highest BCUT2D eigenvalue weighted by molar-refractivity contribution is 7.90. The van der Waals surface area contributed by atoms with Gasteiger partial charge < -0.3 is 0 Å². The molecule has 3 rings (SSSR count). The van der Waals surface area contributed by atoms with Crippen molar-refractivity contribution < 1.29 is 8.42 Å². The molecule has 0 fully saturated rings. The van der Waals surface area contributed by atoms with Crippen LogP contribution in [-0.2, 0) is 9.84 Å². The number of rotatable bonds is 2. The predicted octanol–water partition coefficient (Wildman–Crippen LogP) is 1.53. The van der Waals surface area contributed by atoms with E-state index in [0.29, 0.717) is 5.65 Å². The van der Waals surface area contributed by atoms with Gasteiger partial charge in [0.15, 0.2) is 15.5 Å². The lowest BCUT2D eigenvalue weighted by Gasteiger charge is -2.05. The van der Waals surface area contributed by atoms with Gasteiger partial charge in [0.05, 0.1) is 10.6 Å². The maximum Gasteiger partial charge on any atom is 0.175 e. The number of sulfone groups is 1. The minimum absolute atomic E-state index is 0.288. The van der Waals surface area contributed by atoms with Gasteiger partial charge in [-0.1, -0.05) is 0 Å². The van der Waals surface area contributed by atoms with Crippen LogP contribution < -0.4 is 0 Å². The van der Waals surface area contributed by atoms with Crippen molar-refractivity contribution in [3.63, 3.8) is 0 Å². The summed E-state index contributed by atoms with van der Waals surface area (Å²) in [4.78, 5) is 12.9. The maximum atomic E-state index is 11.4. The number of hydrogen-bond acceptors (Lipinski definition) is 5. The summed E-state index contributed by atoms with van der Waals surface area (Å²) in [6.07, 6.45) is 4.33. The summed E-state index contributed by atoms with van der Waals surface area (Å²) in [6, 6.07) is 6.61. The SMILES string of the molecule is Cc1ncnc2c1ncn2-c1ccc(S(C)(=O)=O)cc1. The van der Waals surface area contributed by atoms with Gasteiger partial charge in [-0.05, 0) is 31.2 Å². The average Bonchev–Trinajstić information content (AvgIpc) is 2.83. The monoisotopic (exact) mass is 288 g/mol. The molecule has 0 aliphatic carbocycles. The Morgan fingerprint density at radius 2 is 1.75 bits per heavy atom. The molecule has 2 heterocycles. The van der Waals surface area contributed by atoms with Crippen LogP contribution in [0.4, 0.5) is 0 Å². The predicted molar refractivity (Wildman–Crippen MR) is 74.5 cm³/mol. The Morgan fingerprint density at radius 1 is 1.05 bits per heavy atom. The molecule has 0 amide bonds. The first-order chi connectivity index (χ1) is 9.47. The standard InChI is InChI=1S/C13H12N4O2S/c1-9-12-13(15-7-14-9)17(8-16-12)10-3-5-11(6-4-10)20(2,18)19/h3-8H,1-2H3. The van der Waals surface area contributed by atoms with E-state index in [4.69, 9.17) is 0 Å². The third-order valence-electron chi connectivity index (χ3n) is 3.06. The highest BCUT2D eigenvalue weighted by Gasteiger charge is 2.10. The topological polar surface area (TPSA) is 77.7 Å². The summed E-state index contributed by atoms with van der Waals surface area (Å²) in [5.41, 5.74) is 3.05. The first kappa shape index (κ1) is 12.7. The van der Waals surface area contributed by atoms with E-state index in [1.165, 1.54) is 12.6 Å². The van der Waals surface area contributed by atoms with Crippen molar-refractivity contribution in [2.24, 2.45) is 0 Å². The van der Waals surface area contributed by atoms with E-state index >= 15 is 0 Å². The molecule has 102 valence electrons. The normalized spacial score (nSPS) is 11.9. The molecule has 0 unspecified atom stereocenters. The fraction of sp³-hybridized carbons (Fsp3) is 0.154. The van der Waals surface area contributed by atoms with E-state index < -0.39 is 9.84 Å². The van der Waals surface area contributed by atoms with E-state index in [0.717, 1.165) is 16.9 Å². The first-order valence-electron chi connectivity index (χ1n) is 5.92. The van der Waals surface area contributed by atoms with Gasteiger partial charge in [-0.25, -0.2) is 23.4 Å². The molecule has 0 N–H and O–H groups in total. The van der Waals surface area contributed by atoms with Crippen molar-refractivity contribution in [1.82, 2.24) is 19.5 Å². The van der Waals surface area contributed by atoms with Crippen LogP contribution in [0.1, 0.15) is 5.69 Å². The molecule has 0 saturated heterocycles. The van der Waals surface area contributed by atoms with Gasteiger partial charge in [0.25, 0.3) is 0 Å². The molecule has 0 bridgehead atoms. The molecule has 6 nitrogen and oxygen atoms in total. The Labute approximate surface area is 116 Å². The number of aryl methyl sites for hydroxylation is 1. The van der Waals surface area contributed by atoms with Gasteiger partial charge in [0.2, 0.25) is 0 Å². The first-order valence-corrected chi connectivity index (χ1v) is 7.81. The van der Waals surface area contributed by atoms with Crippen LogP contribution in [-0.4, -0.2) is 34.2 Å². The minimum Gasteiger partial charge on any atom is -0.283 e. The molecular weight excluding hydrogens is 276 g/mol. The molecule has 0 radical (unpaired) electrons. The zero-order chi connectivity index (χ0) is 14.3. The minimum atomic E-state index is -3.19. The second kappa shape index (κ2) is 4.38.